The van der Waals surface area contributed by atoms with Crippen molar-refractivity contribution < 1.29 is 147 Å². The van der Waals surface area contributed by atoms with E-state index in [9.17, 15) is 48.5 Å². The molecule has 2 aliphatic rings. The van der Waals surface area contributed by atoms with Gasteiger partial charge in [-0.05, 0) is 0 Å². The van der Waals surface area contributed by atoms with Crippen LogP contribution in [-0.4, -0.2) is 103 Å². The summed E-state index contributed by atoms with van der Waals surface area (Å²) >= 11 is 0. The molecule has 0 radical (unpaired) electrons. The van der Waals surface area contributed by atoms with E-state index in [0.29, 0.717) is 0 Å². The Morgan fingerprint density at radius 3 is 1.23 bits per heavy atom. The number of carbonyl (C=O) groups excluding carboxylic acids is 2. The number of esters is 2. The molecule has 0 aromatic carbocycles. The van der Waals surface area contributed by atoms with Crippen LogP contribution in [-0.2, 0) is 37.2 Å². The maximum atomic E-state index is 10.9. The van der Waals surface area contributed by atoms with Crippen LogP contribution in [0.4, 0.5) is 0 Å². The fourth-order valence-corrected chi connectivity index (χ4v) is 2.80. The van der Waals surface area contributed by atoms with E-state index in [1.807, 2.05) is 0 Å². The number of aliphatic hydroxyl groups is 6. The first-order chi connectivity index (χ1) is 14.5. The number of cyclic esters (lactones) is 2. The monoisotopic (exact) mass is 578 g/mol. The van der Waals surface area contributed by atoms with Crippen LogP contribution in [0.1, 0.15) is 0 Å². The summed E-state index contributed by atoms with van der Waals surface area (Å²) in [5.74, 6) is -7.35. The summed E-state index contributed by atoms with van der Waals surface area (Å²) in [6.07, 6.45) is -6.61. The van der Waals surface area contributed by atoms with Crippen LogP contribution in [0.25, 0.3) is 0 Å². The van der Waals surface area contributed by atoms with Crippen molar-refractivity contribution in [2.45, 2.75) is 24.4 Å². The van der Waals surface area contributed by atoms with Gasteiger partial charge in [0.05, 0.1) is 13.2 Å². The first-order valence-corrected chi connectivity index (χ1v) is 10.7. The van der Waals surface area contributed by atoms with Crippen LogP contribution >= 0.6 is 15.6 Å². The van der Waals surface area contributed by atoms with E-state index in [-0.39, 0.29) is 82.2 Å². The van der Waals surface area contributed by atoms with E-state index in [1.54, 1.807) is 0 Å². The van der Waals surface area contributed by atoms with E-state index in [2.05, 4.69) is 18.5 Å². The Labute approximate surface area is 255 Å². The number of hydrogen-bond donors (Lipinski definition) is 6. The molecule has 0 bridgehead atoms. The molecule has 184 valence electrons. The topological polar surface area (TPSA) is 319 Å². The van der Waals surface area contributed by atoms with Gasteiger partial charge in [-0.25, -0.2) is 9.59 Å². The fraction of sp³-hybridized carbons (Fsp3) is 0.500. The summed E-state index contributed by atoms with van der Waals surface area (Å²) in [7, 11) is -11.0. The van der Waals surface area contributed by atoms with Crippen LogP contribution in [0.2, 0.25) is 0 Å². The molecule has 2 rings (SSSR count). The minimum absolute atomic E-state index is 0. The molecule has 0 fully saturated rings. The van der Waals surface area contributed by atoms with Crippen molar-refractivity contribution in [2.75, 3.05) is 13.2 Å². The molecule has 35 heavy (non-hydrogen) atoms. The van der Waals surface area contributed by atoms with Crippen molar-refractivity contribution in [3.63, 3.8) is 0 Å². The summed E-state index contributed by atoms with van der Waals surface area (Å²) in [6.45, 7) is -1.69. The average molecular weight is 578 g/mol. The Bertz CT molecular complexity index is 826. The van der Waals surface area contributed by atoms with E-state index >= 15 is 0 Å². The van der Waals surface area contributed by atoms with Gasteiger partial charge in [0.15, 0.2) is 23.7 Å². The quantitative estimate of drug-likeness (QED) is 0.0884. The Hall–Kier alpha value is 0.526. The number of phosphoric acid groups is 2. The summed E-state index contributed by atoms with van der Waals surface area (Å²) in [4.78, 5) is 62.7. The SMILES string of the molecule is O=C1O[C@H]([C@@H](O)CO)C(O)=C1OP(=O)([O-])[O-].O=C1O[C@H]([C@@H](O)CO)C(O)=C1OP(=O)([O-])[O-].[Mg+2].[Na+].[Na+]. The van der Waals surface area contributed by atoms with Gasteiger partial charge in [-0.1, -0.05) is 0 Å². The fourth-order valence-electron chi connectivity index (χ4n) is 2.02. The number of ether oxygens (including phenoxy) is 2. The Morgan fingerprint density at radius 1 is 0.771 bits per heavy atom. The third-order valence-electron chi connectivity index (χ3n) is 3.32. The van der Waals surface area contributed by atoms with Crippen LogP contribution in [0.5, 0.6) is 0 Å². The van der Waals surface area contributed by atoms with Gasteiger partial charge >= 0.3 is 94.1 Å². The zero-order chi connectivity index (χ0) is 25.0. The first kappa shape index (κ1) is 40.0. The smallest absolute Gasteiger partial charge is 0.780 e. The van der Waals surface area contributed by atoms with Crippen molar-refractivity contribution >= 4 is 50.6 Å². The van der Waals surface area contributed by atoms with E-state index in [0.717, 1.165) is 0 Å². The molecule has 0 aromatic rings. The third kappa shape index (κ3) is 12.3. The van der Waals surface area contributed by atoms with E-state index in [1.165, 1.54) is 0 Å². The predicted molar refractivity (Wildman–Crippen MR) is 88.4 cm³/mol. The van der Waals surface area contributed by atoms with Gasteiger partial charge in [-0.3, -0.25) is 0 Å². The molecule has 0 amide bonds. The molecule has 0 aliphatic carbocycles. The molecule has 6 N–H and O–H groups in total. The average Bonchev–Trinajstić information content (AvgIpc) is 3.10. The Kier molecular flexibility index (Phi) is 18.8. The van der Waals surface area contributed by atoms with Gasteiger partial charge in [-0.15, -0.1) is 0 Å². The normalized spacial score (nSPS) is 21.3. The van der Waals surface area contributed by atoms with E-state index < -0.39 is 88.3 Å². The molecule has 0 aromatic heterocycles. The van der Waals surface area contributed by atoms with Gasteiger partial charge in [-0.2, -0.15) is 0 Å². The Balaban J connectivity index is -0.000000539. The zero-order valence-corrected chi connectivity index (χ0v) is 25.1. The van der Waals surface area contributed by atoms with Crippen molar-refractivity contribution in [3.05, 3.63) is 23.0 Å². The molecule has 4 atom stereocenters. The van der Waals surface area contributed by atoms with Crippen molar-refractivity contribution in [1.29, 1.82) is 0 Å². The van der Waals surface area contributed by atoms with Gasteiger partial charge in [0.25, 0.3) is 11.5 Å². The summed E-state index contributed by atoms with van der Waals surface area (Å²) in [5.41, 5.74) is 0. The van der Waals surface area contributed by atoms with Crippen molar-refractivity contribution in [3.8, 4) is 0 Å². The number of hydrogen-bond acceptors (Lipinski definition) is 18. The van der Waals surface area contributed by atoms with Crippen molar-refractivity contribution in [2.24, 2.45) is 0 Å². The molecular formula is C12H14MgNa2O18P2. The van der Waals surface area contributed by atoms with Crippen LogP contribution in [0, 0.1) is 0 Å². The molecule has 2 aliphatic heterocycles. The molecule has 0 spiro atoms. The van der Waals surface area contributed by atoms with Crippen molar-refractivity contribution in [1.82, 2.24) is 0 Å². The second-order valence-corrected chi connectivity index (χ2v) is 7.81. The predicted octanol–water partition coefficient (Wildman–Crippen LogP) is -12.6. The standard InChI is InChI=1S/2C6H9O9P.Mg.2Na/c2*7-1-2(8)4-3(9)5(6(10)14-4)15-16(11,12)13;;;/h2*2,4,7-9H,1H2,(H2,11,12,13);;;/q;;+2;2*+1/p-4/t2*2-,4+;;;/m00.../s1. The first-order valence-electron chi connectivity index (χ1n) is 7.81. The second kappa shape index (κ2) is 16.5. The largest absolute Gasteiger partial charge is 2.00 e. The summed E-state index contributed by atoms with van der Waals surface area (Å²) in [5, 5.41) is 53.6. The van der Waals surface area contributed by atoms with Gasteiger partial charge < -0.3 is 77.9 Å². The molecule has 18 nitrogen and oxygen atoms in total. The maximum Gasteiger partial charge on any atom is 2.00 e. The molecule has 0 saturated heterocycles. The number of phosphoric ester groups is 2. The van der Waals surface area contributed by atoms with Gasteiger partial charge in [0, 0.05) is 0 Å². The van der Waals surface area contributed by atoms with Gasteiger partial charge in [0.2, 0.25) is 0 Å². The molecule has 0 saturated carbocycles. The second-order valence-electron chi connectivity index (χ2n) is 5.66. The molecule has 0 unspecified atom stereocenters. The zero-order valence-electron chi connectivity index (χ0n) is 17.9. The molecule has 2 heterocycles. The van der Waals surface area contributed by atoms with Crippen LogP contribution in [0.15, 0.2) is 23.0 Å². The molecule has 23 heteroatoms. The van der Waals surface area contributed by atoms with Gasteiger partial charge in [0.1, 0.15) is 27.9 Å². The van der Waals surface area contributed by atoms with Crippen LogP contribution < -0.4 is 78.7 Å². The minimum atomic E-state index is -5.52. The number of rotatable bonds is 8. The van der Waals surface area contributed by atoms with E-state index in [4.69, 9.17) is 20.4 Å². The summed E-state index contributed by atoms with van der Waals surface area (Å²) < 4.78 is 36.3. The molecular weight excluding hydrogens is 564 g/mol. The maximum absolute atomic E-state index is 10.9. The number of carbonyl (C=O) groups is 2. The van der Waals surface area contributed by atoms with Crippen LogP contribution in [0.3, 0.4) is 0 Å². The summed E-state index contributed by atoms with van der Waals surface area (Å²) in [6, 6.07) is 0. The Morgan fingerprint density at radius 2 is 1.03 bits per heavy atom. The number of aliphatic hydroxyl groups excluding tert-OH is 6. The third-order valence-corrected chi connectivity index (χ3v) is 4.13. The minimum Gasteiger partial charge on any atom is -0.780 e.